The van der Waals surface area contributed by atoms with Gasteiger partial charge in [0.1, 0.15) is 17.3 Å². The second-order valence-electron chi connectivity index (χ2n) is 6.76. The first-order chi connectivity index (χ1) is 13.0. The number of rotatable bonds is 6. The van der Waals surface area contributed by atoms with E-state index in [1.165, 1.54) is 0 Å². The third kappa shape index (κ3) is 5.37. The number of amides is 2. The fraction of sp³-hybridized carbons (Fsp3) is 0.300. The molecule has 0 unspecified atom stereocenters. The van der Waals surface area contributed by atoms with Crippen LogP contribution in [0.2, 0.25) is 0 Å². The van der Waals surface area contributed by atoms with E-state index >= 15 is 0 Å². The quantitative estimate of drug-likeness (QED) is 0.690. The van der Waals surface area contributed by atoms with Gasteiger partial charge in [-0.2, -0.15) is 0 Å². The second-order valence-corrected chi connectivity index (χ2v) is 6.76. The van der Waals surface area contributed by atoms with Crippen molar-refractivity contribution in [2.24, 2.45) is 5.92 Å². The van der Waals surface area contributed by atoms with Gasteiger partial charge in [0.25, 0.3) is 0 Å². The molecule has 0 aliphatic heterocycles. The molecule has 0 bridgehead atoms. The standard InChI is InChI=1S/C20H23N5O2/c1-13(2)9-18-11-17(25-27-18)12-22-20(26)24-16-6-4-5-15(10-16)19-7-8-21-14(3)23-19/h4-8,10-11,13H,9,12H2,1-3H3,(H2,22,24,26). The fourth-order valence-corrected chi connectivity index (χ4v) is 2.66. The number of anilines is 1. The molecule has 0 aliphatic carbocycles. The Morgan fingerprint density at radius 2 is 2.07 bits per heavy atom. The molecule has 140 valence electrons. The number of aryl methyl sites for hydroxylation is 1. The van der Waals surface area contributed by atoms with E-state index in [2.05, 4.69) is 39.6 Å². The van der Waals surface area contributed by atoms with Gasteiger partial charge in [0.15, 0.2) is 0 Å². The number of hydrogen-bond acceptors (Lipinski definition) is 5. The zero-order valence-electron chi connectivity index (χ0n) is 15.7. The first-order valence-electron chi connectivity index (χ1n) is 8.89. The van der Waals surface area contributed by atoms with Crippen LogP contribution in [0.3, 0.4) is 0 Å². The SMILES string of the molecule is Cc1nccc(-c2cccc(NC(=O)NCc3cc(CC(C)C)on3)c2)n1. The third-order valence-corrected chi connectivity index (χ3v) is 3.84. The van der Waals surface area contributed by atoms with Crippen molar-refractivity contribution in [3.05, 3.63) is 59.9 Å². The lowest BCUT2D eigenvalue weighted by Gasteiger charge is -2.08. The average molecular weight is 365 g/mol. The van der Waals surface area contributed by atoms with Crippen LogP contribution in [0, 0.1) is 12.8 Å². The van der Waals surface area contributed by atoms with Crippen molar-refractivity contribution in [1.82, 2.24) is 20.4 Å². The van der Waals surface area contributed by atoms with Crippen LogP contribution < -0.4 is 10.6 Å². The van der Waals surface area contributed by atoms with E-state index in [4.69, 9.17) is 4.52 Å². The molecule has 0 fully saturated rings. The fourth-order valence-electron chi connectivity index (χ4n) is 2.66. The maximum absolute atomic E-state index is 12.2. The second kappa shape index (κ2) is 8.44. The highest BCUT2D eigenvalue weighted by Gasteiger charge is 2.09. The first kappa shape index (κ1) is 18.6. The molecule has 2 aromatic heterocycles. The van der Waals surface area contributed by atoms with E-state index in [1.54, 1.807) is 6.20 Å². The molecule has 2 amide bonds. The minimum absolute atomic E-state index is 0.304. The Kier molecular flexibility index (Phi) is 5.80. The minimum Gasteiger partial charge on any atom is -0.361 e. The number of aromatic nitrogens is 3. The van der Waals surface area contributed by atoms with Gasteiger partial charge in [-0.1, -0.05) is 31.1 Å². The van der Waals surface area contributed by atoms with E-state index < -0.39 is 0 Å². The Bertz CT molecular complexity index is 920. The van der Waals surface area contributed by atoms with Gasteiger partial charge in [0.05, 0.1) is 12.2 Å². The molecule has 0 spiro atoms. The molecule has 27 heavy (non-hydrogen) atoms. The van der Waals surface area contributed by atoms with Crippen LogP contribution in [-0.4, -0.2) is 21.2 Å². The van der Waals surface area contributed by atoms with Gasteiger partial charge in [-0.15, -0.1) is 0 Å². The van der Waals surface area contributed by atoms with Gasteiger partial charge in [0, 0.05) is 29.9 Å². The Balaban J connectivity index is 1.58. The summed E-state index contributed by atoms with van der Waals surface area (Å²) in [6.45, 7) is 6.38. The lowest BCUT2D eigenvalue weighted by Crippen LogP contribution is -2.28. The van der Waals surface area contributed by atoms with Crippen LogP contribution in [0.15, 0.2) is 47.1 Å². The summed E-state index contributed by atoms with van der Waals surface area (Å²) in [4.78, 5) is 20.7. The monoisotopic (exact) mass is 365 g/mol. The van der Waals surface area contributed by atoms with Gasteiger partial charge in [-0.05, 0) is 31.0 Å². The predicted molar refractivity (Wildman–Crippen MR) is 103 cm³/mol. The molecule has 0 aliphatic rings. The molecule has 3 rings (SSSR count). The Labute approximate surface area is 158 Å². The van der Waals surface area contributed by atoms with E-state index in [0.717, 1.165) is 23.4 Å². The van der Waals surface area contributed by atoms with Crippen molar-refractivity contribution in [3.63, 3.8) is 0 Å². The van der Waals surface area contributed by atoms with Crippen LogP contribution in [0.25, 0.3) is 11.3 Å². The predicted octanol–water partition coefficient (Wildman–Crippen LogP) is 3.96. The molecule has 0 radical (unpaired) electrons. The highest BCUT2D eigenvalue weighted by molar-refractivity contribution is 5.89. The molecule has 2 N–H and O–H groups in total. The van der Waals surface area contributed by atoms with Crippen molar-refractivity contribution in [2.75, 3.05) is 5.32 Å². The summed E-state index contributed by atoms with van der Waals surface area (Å²) in [5.41, 5.74) is 3.10. The lowest BCUT2D eigenvalue weighted by molar-refractivity contribution is 0.251. The van der Waals surface area contributed by atoms with Gasteiger partial charge in [-0.3, -0.25) is 0 Å². The van der Waals surface area contributed by atoms with Crippen LogP contribution in [0.1, 0.15) is 31.1 Å². The molecule has 0 saturated heterocycles. The van der Waals surface area contributed by atoms with Crippen LogP contribution in [0.4, 0.5) is 10.5 Å². The molecule has 1 aromatic carbocycles. The summed E-state index contributed by atoms with van der Waals surface area (Å²) in [6.07, 6.45) is 2.55. The van der Waals surface area contributed by atoms with Gasteiger partial charge >= 0.3 is 6.03 Å². The van der Waals surface area contributed by atoms with Crippen LogP contribution in [-0.2, 0) is 13.0 Å². The topological polar surface area (TPSA) is 92.9 Å². The largest absolute Gasteiger partial charge is 0.361 e. The van der Waals surface area contributed by atoms with Crippen molar-refractivity contribution >= 4 is 11.7 Å². The highest BCUT2D eigenvalue weighted by atomic mass is 16.5. The van der Waals surface area contributed by atoms with Crippen molar-refractivity contribution in [1.29, 1.82) is 0 Å². The van der Waals surface area contributed by atoms with Crippen LogP contribution in [0.5, 0.6) is 0 Å². The van der Waals surface area contributed by atoms with Gasteiger partial charge < -0.3 is 15.2 Å². The lowest BCUT2D eigenvalue weighted by atomic mass is 10.1. The number of benzene rings is 1. The number of carbonyl (C=O) groups excluding carboxylic acids is 1. The van der Waals surface area contributed by atoms with Crippen molar-refractivity contribution < 1.29 is 9.32 Å². The summed E-state index contributed by atoms with van der Waals surface area (Å²) >= 11 is 0. The molecule has 2 heterocycles. The van der Waals surface area contributed by atoms with E-state index in [0.29, 0.717) is 29.7 Å². The van der Waals surface area contributed by atoms with Gasteiger partial charge in [-0.25, -0.2) is 14.8 Å². The average Bonchev–Trinajstić information content (AvgIpc) is 3.07. The van der Waals surface area contributed by atoms with Crippen LogP contribution >= 0.6 is 0 Å². The smallest absolute Gasteiger partial charge is 0.319 e. The third-order valence-electron chi connectivity index (χ3n) is 3.84. The van der Waals surface area contributed by atoms with Gasteiger partial charge in [0.2, 0.25) is 0 Å². The van der Waals surface area contributed by atoms with Crippen molar-refractivity contribution in [2.45, 2.75) is 33.7 Å². The van der Waals surface area contributed by atoms with Crippen molar-refractivity contribution in [3.8, 4) is 11.3 Å². The molecule has 3 aromatic rings. The zero-order valence-corrected chi connectivity index (χ0v) is 15.7. The summed E-state index contributed by atoms with van der Waals surface area (Å²) in [6, 6.07) is 10.9. The Hall–Kier alpha value is -3.22. The van der Waals surface area contributed by atoms with E-state index in [1.807, 2.05) is 43.3 Å². The summed E-state index contributed by atoms with van der Waals surface area (Å²) < 4.78 is 5.27. The number of carbonyl (C=O) groups is 1. The number of hydrogen-bond donors (Lipinski definition) is 2. The zero-order chi connectivity index (χ0) is 19.2. The molecular formula is C20H23N5O2. The first-order valence-corrected chi connectivity index (χ1v) is 8.89. The summed E-state index contributed by atoms with van der Waals surface area (Å²) in [5, 5.41) is 9.59. The number of nitrogens with zero attached hydrogens (tertiary/aromatic N) is 3. The maximum Gasteiger partial charge on any atom is 0.319 e. The Morgan fingerprint density at radius 1 is 1.22 bits per heavy atom. The highest BCUT2D eigenvalue weighted by Crippen LogP contribution is 2.20. The molecule has 0 atom stereocenters. The molecule has 7 nitrogen and oxygen atoms in total. The Morgan fingerprint density at radius 3 is 2.85 bits per heavy atom. The molecule has 0 saturated carbocycles. The van der Waals surface area contributed by atoms with E-state index in [9.17, 15) is 4.79 Å². The summed E-state index contributed by atoms with van der Waals surface area (Å²) in [7, 11) is 0. The number of nitrogens with one attached hydrogen (secondary N) is 2. The molecule has 7 heteroatoms. The minimum atomic E-state index is -0.306. The normalized spacial score (nSPS) is 10.8. The molecular weight excluding hydrogens is 342 g/mol. The van der Waals surface area contributed by atoms with E-state index in [-0.39, 0.29) is 6.03 Å². The number of urea groups is 1. The maximum atomic E-state index is 12.2. The summed E-state index contributed by atoms with van der Waals surface area (Å²) in [5.74, 6) is 2.02.